The van der Waals surface area contributed by atoms with Crippen LogP contribution in [0.15, 0.2) is 0 Å². The predicted molar refractivity (Wildman–Crippen MR) is 26.6 cm³/mol. The Bertz CT molecular complexity index is 30.5. The number of hydrogen-bond donors (Lipinski definition) is 3. The van der Waals surface area contributed by atoms with E-state index in [0.29, 0.717) is 0 Å². The summed E-state index contributed by atoms with van der Waals surface area (Å²) in [4.78, 5) is 0. The molecule has 46 valence electrons. The SMILES string of the molecule is OCC(O)CO.[Mg+2].[O-2]. The van der Waals surface area contributed by atoms with E-state index in [0.717, 1.165) is 0 Å². The molecule has 0 radical (unpaired) electrons. The minimum absolute atomic E-state index is 0. The molecule has 0 aliphatic heterocycles. The summed E-state index contributed by atoms with van der Waals surface area (Å²) in [5.74, 6) is 0. The molecule has 0 fully saturated rings. The molecule has 0 amide bonds. The zero-order chi connectivity index (χ0) is 4.99. The van der Waals surface area contributed by atoms with E-state index < -0.39 is 6.10 Å². The Kier molecular flexibility index (Phi) is 20.9. The van der Waals surface area contributed by atoms with Gasteiger partial charge < -0.3 is 20.8 Å². The van der Waals surface area contributed by atoms with Gasteiger partial charge in [0.2, 0.25) is 0 Å². The first-order chi connectivity index (χ1) is 2.81. The normalized spacial score (nSPS) is 7.50. The Morgan fingerprint density at radius 3 is 1.38 bits per heavy atom. The molecule has 0 spiro atoms. The van der Waals surface area contributed by atoms with Gasteiger partial charge in [0, 0.05) is 0 Å². The minimum atomic E-state index is -0.954. The average molecular weight is 132 g/mol. The number of aliphatic hydroxyl groups excluding tert-OH is 3. The summed E-state index contributed by atoms with van der Waals surface area (Å²) in [6.45, 7) is -0.729. The molecule has 0 heterocycles. The molecule has 0 atom stereocenters. The van der Waals surface area contributed by atoms with E-state index in [-0.39, 0.29) is 41.7 Å². The number of rotatable bonds is 2. The van der Waals surface area contributed by atoms with Gasteiger partial charge in [-0.05, 0) is 0 Å². The fourth-order valence-corrected chi connectivity index (χ4v) is 0.0577. The molecule has 0 rings (SSSR count). The largest absolute Gasteiger partial charge is 2.00 e. The van der Waals surface area contributed by atoms with Gasteiger partial charge in [-0.1, -0.05) is 0 Å². The van der Waals surface area contributed by atoms with Crippen LogP contribution in [0.5, 0.6) is 0 Å². The van der Waals surface area contributed by atoms with Crippen LogP contribution in [0.1, 0.15) is 0 Å². The second-order valence-electron chi connectivity index (χ2n) is 1.02. The molecule has 3 N–H and O–H groups in total. The van der Waals surface area contributed by atoms with E-state index >= 15 is 0 Å². The van der Waals surface area contributed by atoms with Crippen molar-refractivity contribution in [2.45, 2.75) is 6.10 Å². The second kappa shape index (κ2) is 10.6. The van der Waals surface area contributed by atoms with E-state index in [1.54, 1.807) is 0 Å². The van der Waals surface area contributed by atoms with Crippen LogP contribution in [0.25, 0.3) is 0 Å². The zero-order valence-electron chi connectivity index (χ0n) is 4.45. The van der Waals surface area contributed by atoms with Gasteiger partial charge >= 0.3 is 23.1 Å². The molecule has 0 bridgehead atoms. The molecule has 5 heteroatoms. The van der Waals surface area contributed by atoms with Crippen molar-refractivity contribution in [1.29, 1.82) is 0 Å². The number of hydrogen-bond acceptors (Lipinski definition) is 3. The Morgan fingerprint density at radius 1 is 1.12 bits per heavy atom. The van der Waals surface area contributed by atoms with Crippen LogP contribution >= 0.6 is 0 Å². The Hall–Kier alpha value is 0.606. The second-order valence-corrected chi connectivity index (χ2v) is 1.02. The first-order valence-electron chi connectivity index (χ1n) is 1.71. The smallest absolute Gasteiger partial charge is 2.00 e. The van der Waals surface area contributed by atoms with E-state index in [9.17, 15) is 0 Å². The van der Waals surface area contributed by atoms with E-state index in [4.69, 9.17) is 15.3 Å². The quantitative estimate of drug-likeness (QED) is 0.374. The number of aliphatic hydroxyl groups is 3. The van der Waals surface area contributed by atoms with Crippen LogP contribution in [0.3, 0.4) is 0 Å². The van der Waals surface area contributed by atoms with Gasteiger partial charge in [-0.3, -0.25) is 0 Å². The van der Waals surface area contributed by atoms with Gasteiger partial charge in [0.25, 0.3) is 0 Å². The summed E-state index contributed by atoms with van der Waals surface area (Å²) in [7, 11) is 0. The van der Waals surface area contributed by atoms with E-state index in [2.05, 4.69) is 0 Å². The summed E-state index contributed by atoms with van der Waals surface area (Å²) in [6.07, 6.45) is -0.954. The molecule has 0 saturated carbocycles. The van der Waals surface area contributed by atoms with Crippen LogP contribution in [0.4, 0.5) is 0 Å². The monoisotopic (exact) mass is 132 g/mol. The van der Waals surface area contributed by atoms with Gasteiger partial charge in [0.1, 0.15) is 6.10 Å². The minimum Gasteiger partial charge on any atom is -2.00 e. The van der Waals surface area contributed by atoms with Gasteiger partial charge in [-0.25, -0.2) is 0 Å². The van der Waals surface area contributed by atoms with Crippen molar-refractivity contribution in [2.75, 3.05) is 13.2 Å². The molecule has 0 aromatic heterocycles. The summed E-state index contributed by atoms with van der Waals surface area (Å²) in [5.41, 5.74) is 0. The third-order valence-corrected chi connectivity index (χ3v) is 0.421. The van der Waals surface area contributed by atoms with Gasteiger partial charge in [0.05, 0.1) is 13.2 Å². The zero-order valence-corrected chi connectivity index (χ0v) is 5.86. The summed E-state index contributed by atoms with van der Waals surface area (Å²) in [5, 5.41) is 24.0. The molecule has 0 aliphatic rings. The van der Waals surface area contributed by atoms with Crippen LogP contribution < -0.4 is 0 Å². The molecule has 0 aliphatic carbocycles. The first-order valence-corrected chi connectivity index (χ1v) is 1.71. The summed E-state index contributed by atoms with van der Waals surface area (Å²) in [6, 6.07) is 0. The van der Waals surface area contributed by atoms with Crippen molar-refractivity contribution in [1.82, 2.24) is 0 Å². The Balaban J connectivity index is -0.000000125. The van der Waals surface area contributed by atoms with Gasteiger partial charge in [-0.15, -0.1) is 0 Å². The molecular weight excluding hydrogens is 124 g/mol. The fraction of sp³-hybridized carbons (Fsp3) is 1.00. The molecule has 0 aromatic rings. The van der Waals surface area contributed by atoms with Crippen LogP contribution in [0.2, 0.25) is 0 Å². The van der Waals surface area contributed by atoms with Crippen molar-refractivity contribution in [3.05, 3.63) is 0 Å². The van der Waals surface area contributed by atoms with Crippen molar-refractivity contribution in [3.8, 4) is 0 Å². The van der Waals surface area contributed by atoms with Gasteiger partial charge in [0.15, 0.2) is 0 Å². The van der Waals surface area contributed by atoms with Crippen molar-refractivity contribution >= 4 is 23.1 Å². The molecule has 0 unspecified atom stereocenters. The van der Waals surface area contributed by atoms with Crippen LogP contribution in [-0.2, 0) is 5.48 Å². The van der Waals surface area contributed by atoms with Crippen molar-refractivity contribution < 1.29 is 20.8 Å². The fourth-order valence-electron chi connectivity index (χ4n) is 0.0577. The predicted octanol–water partition coefficient (Wildman–Crippen LogP) is -2.17. The Labute approximate surface area is 63.6 Å². The molecular formula is C3H8MgO4. The maximum absolute atomic E-state index is 8.17. The topological polar surface area (TPSA) is 89.2 Å². The van der Waals surface area contributed by atoms with E-state index in [1.807, 2.05) is 0 Å². The van der Waals surface area contributed by atoms with Crippen molar-refractivity contribution in [3.63, 3.8) is 0 Å². The molecule has 0 aromatic carbocycles. The maximum atomic E-state index is 8.17. The van der Waals surface area contributed by atoms with Gasteiger partial charge in [-0.2, -0.15) is 0 Å². The summed E-state index contributed by atoms with van der Waals surface area (Å²) < 4.78 is 0. The first kappa shape index (κ1) is 15.8. The molecule has 4 nitrogen and oxygen atoms in total. The van der Waals surface area contributed by atoms with Crippen LogP contribution in [-0.4, -0.2) is 57.7 Å². The average Bonchev–Trinajstić information content (AvgIpc) is 1.65. The van der Waals surface area contributed by atoms with Crippen LogP contribution in [0, 0.1) is 0 Å². The standard InChI is InChI=1S/C3H8O3.Mg.O/c4-1-3(6)2-5;;/h3-6H,1-2H2;;/q;+2;-2. The van der Waals surface area contributed by atoms with E-state index in [1.165, 1.54) is 0 Å². The molecule has 8 heavy (non-hydrogen) atoms. The summed E-state index contributed by atoms with van der Waals surface area (Å²) >= 11 is 0. The maximum Gasteiger partial charge on any atom is 2.00 e. The Morgan fingerprint density at radius 2 is 1.38 bits per heavy atom. The third-order valence-electron chi connectivity index (χ3n) is 0.421. The van der Waals surface area contributed by atoms with Crippen molar-refractivity contribution in [2.24, 2.45) is 0 Å². The molecule has 0 saturated heterocycles. The third kappa shape index (κ3) is 9.79.